The number of benzene rings is 1. The lowest BCUT2D eigenvalue weighted by molar-refractivity contribution is 0.750. The molecule has 1 aliphatic heterocycles. The van der Waals surface area contributed by atoms with Gasteiger partial charge in [-0.3, -0.25) is 0 Å². The molecular formula is C17H23Cl2N5. The normalized spacial score (nSPS) is 18.7. The van der Waals surface area contributed by atoms with Gasteiger partial charge in [-0.1, -0.05) is 24.3 Å². The molecule has 0 amide bonds. The van der Waals surface area contributed by atoms with Gasteiger partial charge in [-0.25, -0.2) is 4.98 Å². The molecule has 1 fully saturated rings. The number of anilines is 2. The molecule has 4 rings (SSSR count). The molecule has 2 aromatic rings. The van der Waals surface area contributed by atoms with Crippen molar-refractivity contribution in [3.05, 3.63) is 35.4 Å². The molecule has 0 radical (unpaired) electrons. The lowest BCUT2D eigenvalue weighted by Gasteiger charge is -2.22. The maximum Gasteiger partial charge on any atom is 0.222 e. The standard InChI is InChI=1S/C17H21N5.2ClH/c18-12-8-9-22(10-12)16-14-7-3-5-11-4-1-2-6-13(11)15(14)20-17(19)21-16;;/h1-2,4,6,12H,3,5,7-10,18H2,(H2,19,20,21);2*1H/t12-;;/m0../s1. The van der Waals surface area contributed by atoms with Gasteiger partial charge in [0.25, 0.3) is 0 Å². The minimum atomic E-state index is 0. The van der Waals surface area contributed by atoms with E-state index in [9.17, 15) is 0 Å². The van der Waals surface area contributed by atoms with Crippen molar-refractivity contribution in [2.24, 2.45) is 5.73 Å². The Morgan fingerprint density at radius 1 is 1.08 bits per heavy atom. The fourth-order valence-electron chi connectivity index (χ4n) is 3.61. The number of fused-ring (bicyclic) bond motifs is 3. The van der Waals surface area contributed by atoms with Gasteiger partial charge in [0.05, 0.1) is 5.69 Å². The summed E-state index contributed by atoms with van der Waals surface area (Å²) >= 11 is 0. The average molecular weight is 368 g/mol. The molecule has 1 aromatic heterocycles. The van der Waals surface area contributed by atoms with Crippen molar-refractivity contribution in [3.63, 3.8) is 0 Å². The predicted molar refractivity (Wildman–Crippen MR) is 103 cm³/mol. The molecule has 0 unspecified atom stereocenters. The zero-order valence-electron chi connectivity index (χ0n) is 13.4. The van der Waals surface area contributed by atoms with Crippen molar-refractivity contribution in [2.75, 3.05) is 23.7 Å². The van der Waals surface area contributed by atoms with Gasteiger partial charge in [0, 0.05) is 30.3 Å². The monoisotopic (exact) mass is 367 g/mol. The molecule has 5 nitrogen and oxygen atoms in total. The number of nitrogen functional groups attached to an aromatic ring is 1. The summed E-state index contributed by atoms with van der Waals surface area (Å²) in [5.74, 6) is 1.35. The van der Waals surface area contributed by atoms with E-state index in [0.717, 1.165) is 50.3 Å². The fraction of sp³-hybridized carbons (Fsp3) is 0.412. The summed E-state index contributed by atoms with van der Waals surface area (Å²) in [6.07, 6.45) is 4.19. The molecule has 1 aliphatic carbocycles. The number of hydrogen-bond acceptors (Lipinski definition) is 5. The quantitative estimate of drug-likeness (QED) is 0.809. The van der Waals surface area contributed by atoms with Crippen LogP contribution in [-0.4, -0.2) is 29.1 Å². The molecule has 7 heteroatoms. The average Bonchev–Trinajstić information content (AvgIpc) is 2.86. The summed E-state index contributed by atoms with van der Waals surface area (Å²) in [5, 5.41) is 0. The smallest absolute Gasteiger partial charge is 0.222 e. The molecule has 24 heavy (non-hydrogen) atoms. The van der Waals surface area contributed by atoms with Crippen molar-refractivity contribution in [1.82, 2.24) is 9.97 Å². The van der Waals surface area contributed by atoms with Gasteiger partial charge in [0.1, 0.15) is 5.82 Å². The van der Waals surface area contributed by atoms with Gasteiger partial charge in [0.15, 0.2) is 0 Å². The Morgan fingerprint density at radius 3 is 2.62 bits per heavy atom. The van der Waals surface area contributed by atoms with Crippen LogP contribution in [0.3, 0.4) is 0 Å². The molecule has 2 aliphatic rings. The first-order valence-electron chi connectivity index (χ1n) is 7.97. The number of rotatable bonds is 1. The second-order valence-electron chi connectivity index (χ2n) is 6.24. The molecule has 0 saturated carbocycles. The third kappa shape index (κ3) is 3.29. The second-order valence-corrected chi connectivity index (χ2v) is 6.24. The third-order valence-electron chi connectivity index (χ3n) is 4.67. The minimum absolute atomic E-state index is 0. The summed E-state index contributed by atoms with van der Waals surface area (Å²) < 4.78 is 0. The first-order chi connectivity index (χ1) is 10.7. The molecule has 2 heterocycles. The van der Waals surface area contributed by atoms with E-state index < -0.39 is 0 Å². The first kappa shape index (κ1) is 18.8. The number of aromatic nitrogens is 2. The third-order valence-corrected chi connectivity index (χ3v) is 4.67. The summed E-state index contributed by atoms with van der Waals surface area (Å²) in [4.78, 5) is 11.4. The van der Waals surface area contributed by atoms with Crippen molar-refractivity contribution < 1.29 is 0 Å². The van der Waals surface area contributed by atoms with Gasteiger partial charge in [-0.15, -0.1) is 24.8 Å². The molecule has 1 saturated heterocycles. The number of halogens is 2. The van der Waals surface area contributed by atoms with Gasteiger partial charge in [-0.2, -0.15) is 4.98 Å². The van der Waals surface area contributed by atoms with Crippen LogP contribution in [-0.2, 0) is 12.8 Å². The fourth-order valence-corrected chi connectivity index (χ4v) is 3.61. The Morgan fingerprint density at radius 2 is 1.88 bits per heavy atom. The van der Waals surface area contributed by atoms with Crippen LogP contribution in [0.4, 0.5) is 11.8 Å². The Hall–Kier alpha value is -1.56. The molecule has 0 bridgehead atoms. The maximum absolute atomic E-state index is 6.07. The lowest BCUT2D eigenvalue weighted by Crippen LogP contribution is -2.28. The van der Waals surface area contributed by atoms with Crippen LogP contribution < -0.4 is 16.4 Å². The Kier molecular flexibility index (Phi) is 5.91. The second kappa shape index (κ2) is 7.55. The van der Waals surface area contributed by atoms with E-state index in [1.54, 1.807) is 0 Å². The molecule has 4 N–H and O–H groups in total. The largest absolute Gasteiger partial charge is 0.368 e. The highest BCUT2D eigenvalue weighted by Gasteiger charge is 2.27. The Balaban J connectivity index is 0.00000104. The van der Waals surface area contributed by atoms with Crippen molar-refractivity contribution in [3.8, 4) is 11.3 Å². The van der Waals surface area contributed by atoms with E-state index in [1.807, 2.05) is 0 Å². The van der Waals surface area contributed by atoms with Gasteiger partial charge < -0.3 is 16.4 Å². The van der Waals surface area contributed by atoms with Crippen molar-refractivity contribution in [2.45, 2.75) is 31.7 Å². The number of nitrogens with zero attached hydrogens (tertiary/aromatic N) is 3. The zero-order valence-corrected chi connectivity index (χ0v) is 15.1. The van der Waals surface area contributed by atoms with E-state index in [4.69, 9.17) is 11.5 Å². The number of aryl methyl sites for hydroxylation is 1. The molecule has 130 valence electrons. The Labute approximate surface area is 154 Å². The van der Waals surface area contributed by atoms with E-state index in [-0.39, 0.29) is 30.9 Å². The van der Waals surface area contributed by atoms with Crippen LogP contribution in [0.25, 0.3) is 11.3 Å². The topological polar surface area (TPSA) is 81.1 Å². The number of nitrogens with two attached hydrogens (primary N) is 2. The minimum Gasteiger partial charge on any atom is -0.368 e. The lowest BCUT2D eigenvalue weighted by atomic mass is 10.0. The zero-order chi connectivity index (χ0) is 15.1. The van der Waals surface area contributed by atoms with Crippen LogP contribution in [0.5, 0.6) is 0 Å². The van der Waals surface area contributed by atoms with Gasteiger partial charge >= 0.3 is 0 Å². The van der Waals surface area contributed by atoms with Gasteiger partial charge in [0.2, 0.25) is 5.95 Å². The summed E-state index contributed by atoms with van der Waals surface area (Å²) in [7, 11) is 0. The molecule has 1 atom stereocenters. The van der Waals surface area contributed by atoms with E-state index in [2.05, 4.69) is 39.1 Å². The Bertz CT molecular complexity index is 722. The highest BCUT2D eigenvalue weighted by Crippen LogP contribution is 2.36. The molecule has 0 spiro atoms. The van der Waals surface area contributed by atoms with Crippen LogP contribution >= 0.6 is 24.8 Å². The van der Waals surface area contributed by atoms with Gasteiger partial charge in [-0.05, 0) is 31.2 Å². The van der Waals surface area contributed by atoms with E-state index in [0.29, 0.717) is 5.95 Å². The summed E-state index contributed by atoms with van der Waals surface area (Å²) in [6.45, 7) is 1.80. The van der Waals surface area contributed by atoms with Crippen LogP contribution in [0, 0.1) is 0 Å². The van der Waals surface area contributed by atoms with Crippen LogP contribution in [0.15, 0.2) is 24.3 Å². The summed E-state index contributed by atoms with van der Waals surface area (Å²) in [5.41, 5.74) is 16.9. The van der Waals surface area contributed by atoms with Crippen LogP contribution in [0.1, 0.15) is 24.0 Å². The van der Waals surface area contributed by atoms with Crippen molar-refractivity contribution in [1.29, 1.82) is 0 Å². The van der Waals surface area contributed by atoms with E-state index in [1.165, 1.54) is 16.7 Å². The SMILES string of the molecule is Cl.Cl.Nc1nc2c(c(N3CC[C@H](N)C3)n1)CCCc1ccccc1-2. The highest BCUT2D eigenvalue weighted by atomic mass is 35.5. The predicted octanol–water partition coefficient (Wildman–Crippen LogP) is 2.60. The van der Waals surface area contributed by atoms with E-state index >= 15 is 0 Å². The molecular weight excluding hydrogens is 345 g/mol. The van der Waals surface area contributed by atoms with Crippen LogP contribution in [0.2, 0.25) is 0 Å². The van der Waals surface area contributed by atoms with Crippen molar-refractivity contribution >= 4 is 36.6 Å². The highest BCUT2D eigenvalue weighted by molar-refractivity contribution is 5.85. The summed E-state index contributed by atoms with van der Waals surface area (Å²) in [6, 6.07) is 8.72. The maximum atomic E-state index is 6.07. The molecule has 1 aromatic carbocycles. The number of hydrogen-bond donors (Lipinski definition) is 2. The first-order valence-corrected chi connectivity index (χ1v) is 7.97.